The minimum Gasteiger partial charge on any atom is -0.444 e. The molecule has 0 radical (unpaired) electrons. The van der Waals surface area contributed by atoms with Crippen molar-refractivity contribution in [2.75, 3.05) is 13.2 Å². The maximum atomic E-state index is 12.3. The monoisotopic (exact) mass is 340 g/mol. The molecular weight excluding hydrogens is 312 g/mol. The predicted molar refractivity (Wildman–Crippen MR) is 91.6 cm³/mol. The average molecular weight is 340 g/mol. The van der Waals surface area contributed by atoms with Gasteiger partial charge in [-0.15, -0.1) is 11.3 Å². The molecule has 0 unspecified atom stereocenters. The topological polar surface area (TPSA) is 51.7 Å². The Hall–Kier alpha value is -1.14. The molecule has 1 aliphatic rings. The molecule has 0 bridgehead atoms. The molecule has 130 valence electrons. The standard InChI is InChI=1S/C17H28N2O3S/c1-17(2,3)22-16(20)19-9-5-4-7-14(19)8-6-10-21-12-15-11-18-13-23-15/h11,13-14H,4-10,12H2,1-3H3/t14-/m0/s1. The number of nitrogens with zero attached hydrogens (tertiary/aromatic N) is 2. The maximum Gasteiger partial charge on any atom is 0.410 e. The Kier molecular flexibility index (Phi) is 6.84. The number of likely N-dealkylation sites (tertiary alicyclic amines) is 1. The van der Waals surface area contributed by atoms with E-state index in [1.807, 2.05) is 37.4 Å². The number of amides is 1. The zero-order valence-electron chi connectivity index (χ0n) is 14.4. The summed E-state index contributed by atoms with van der Waals surface area (Å²) in [7, 11) is 0. The number of rotatable bonds is 6. The van der Waals surface area contributed by atoms with Crippen LogP contribution in [0.25, 0.3) is 0 Å². The van der Waals surface area contributed by atoms with Crippen LogP contribution in [0.5, 0.6) is 0 Å². The van der Waals surface area contributed by atoms with Crippen molar-refractivity contribution in [3.8, 4) is 0 Å². The molecule has 1 saturated heterocycles. The number of carbonyl (C=O) groups excluding carboxylic acids is 1. The van der Waals surface area contributed by atoms with Crippen LogP contribution >= 0.6 is 11.3 Å². The second-order valence-electron chi connectivity index (χ2n) is 6.99. The van der Waals surface area contributed by atoms with Gasteiger partial charge in [0.05, 0.1) is 17.0 Å². The zero-order valence-corrected chi connectivity index (χ0v) is 15.2. The Morgan fingerprint density at radius 2 is 2.26 bits per heavy atom. The van der Waals surface area contributed by atoms with Crippen molar-refractivity contribution >= 4 is 17.4 Å². The summed E-state index contributed by atoms with van der Waals surface area (Å²) in [6.07, 6.45) is 6.92. The normalized spacial score (nSPS) is 18.9. The van der Waals surface area contributed by atoms with E-state index in [1.165, 1.54) is 6.42 Å². The lowest BCUT2D eigenvalue weighted by Gasteiger charge is -2.36. The van der Waals surface area contributed by atoms with Gasteiger partial charge in [-0.05, 0) is 52.9 Å². The van der Waals surface area contributed by atoms with Crippen molar-refractivity contribution in [3.05, 3.63) is 16.6 Å². The highest BCUT2D eigenvalue weighted by molar-refractivity contribution is 7.09. The fourth-order valence-corrected chi connectivity index (χ4v) is 3.30. The fraction of sp³-hybridized carbons (Fsp3) is 0.765. The number of thiazole rings is 1. The molecule has 0 N–H and O–H groups in total. The number of piperidine rings is 1. The molecule has 5 nitrogen and oxygen atoms in total. The average Bonchev–Trinajstić information content (AvgIpc) is 2.99. The van der Waals surface area contributed by atoms with Gasteiger partial charge in [0.1, 0.15) is 5.60 Å². The molecule has 1 aromatic heterocycles. The van der Waals surface area contributed by atoms with Crippen LogP contribution in [0.2, 0.25) is 0 Å². The summed E-state index contributed by atoms with van der Waals surface area (Å²) >= 11 is 1.61. The van der Waals surface area contributed by atoms with Gasteiger partial charge < -0.3 is 14.4 Å². The van der Waals surface area contributed by atoms with Crippen LogP contribution in [0.15, 0.2) is 11.7 Å². The first-order valence-electron chi connectivity index (χ1n) is 8.40. The lowest BCUT2D eigenvalue weighted by atomic mass is 9.98. The third-order valence-electron chi connectivity index (χ3n) is 3.81. The third-order valence-corrected chi connectivity index (χ3v) is 4.56. The van der Waals surface area contributed by atoms with E-state index in [4.69, 9.17) is 9.47 Å². The Balaban J connectivity index is 1.71. The number of carbonyl (C=O) groups is 1. The van der Waals surface area contributed by atoms with E-state index in [1.54, 1.807) is 11.3 Å². The summed E-state index contributed by atoms with van der Waals surface area (Å²) in [4.78, 5) is 19.4. The molecule has 0 spiro atoms. The largest absolute Gasteiger partial charge is 0.444 e. The molecule has 6 heteroatoms. The molecule has 23 heavy (non-hydrogen) atoms. The van der Waals surface area contributed by atoms with Gasteiger partial charge in [0.25, 0.3) is 0 Å². The van der Waals surface area contributed by atoms with Crippen LogP contribution in [0.3, 0.4) is 0 Å². The summed E-state index contributed by atoms with van der Waals surface area (Å²) < 4.78 is 11.2. The van der Waals surface area contributed by atoms with Crippen molar-refractivity contribution < 1.29 is 14.3 Å². The van der Waals surface area contributed by atoms with Crippen molar-refractivity contribution in [1.82, 2.24) is 9.88 Å². The number of ether oxygens (including phenoxy) is 2. The Morgan fingerprint density at radius 1 is 1.43 bits per heavy atom. The molecule has 0 aliphatic carbocycles. The zero-order chi connectivity index (χ0) is 16.7. The first-order valence-corrected chi connectivity index (χ1v) is 9.28. The van der Waals surface area contributed by atoms with E-state index in [2.05, 4.69) is 4.98 Å². The van der Waals surface area contributed by atoms with Crippen LogP contribution < -0.4 is 0 Å². The molecule has 1 amide bonds. The molecule has 0 aromatic carbocycles. The Morgan fingerprint density at radius 3 is 2.96 bits per heavy atom. The lowest BCUT2D eigenvalue weighted by molar-refractivity contribution is 0.00728. The third kappa shape index (κ3) is 6.47. The molecule has 2 heterocycles. The van der Waals surface area contributed by atoms with E-state index in [0.717, 1.165) is 43.7 Å². The summed E-state index contributed by atoms with van der Waals surface area (Å²) in [5.41, 5.74) is 1.39. The first-order chi connectivity index (χ1) is 11.0. The van der Waals surface area contributed by atoms with Gasteiger partial charge in [-0.25, -0.2) is 4.79 Å². The van der Waals surface area contributed by atoms with Crippen LogP contribution in [0.4, 0.5) is 4.79 Å². The molecule has 2 rings (SSSR count). The van der Waals surface area contributed by atoms with Gasteiger partial charge in [0.15, 0.2) is 0 Å². The van der Waals surface area contributed by atoms with Crippen LogP contribution in [0, 0.1) is 0 Å². The van der Waals surface area contributed by atoms with Crippen LogP contribution in [-0.2, 0) is 16.1 Å². The SMILES string of the molecule is CC(C)(C)OC(=O)N1CCCC[C@H]1CCCOCc1cncs1. The summed E-state index contributed by atoms with van der Waals surface area (Å²) in [5, 5.41) is 0. The molecule has 0 saturated carbocycles. The van der Waals surface area contributed by atoms with E-state index in [9.17, 15) is 4.79 Å². The quantitative estimate of drug-likeness (QED) is 0.727. The molecule has 1 atom stereocenters. The fourth-order valence-electron chi connectivity index (χ4n) is 2.77. The first kappa shape index (κ1) is 18.2. The minimum absolute atomic E-state index is 0.173. The number of aromatic nitrogens is 1. The molecule has 1 fully saturated rings. The lowest BCUT2D eigenvalue weighted by Crippen LogP contribution is -2.46. The van der Waals surface area contributed by atoms with Crippen molar-refractivity contribution in [2.45, 2.75) is 71.1 Å². The molecule has 1 aliphatic heterocycles. The van der Waals surface area contributed by atoms with Crippen molar-refractivity contribution in [1.29, 1.82) is 0 Å². The van der Waals surface area contributed by atoms with Gasteiger partial charge in [0, 0.05) is 25.4 Å². The van der Waals surface area contributed by atoms with E-state index in [-0.39, 0.29) is 12.1 Å². The molecular formula is C17H28N2O3S. The summed E-state index contributed by atoms with van der Waals surface area (Å²) in [5.74, 6) is 0. The van der Waals surface area contributed by atoms with Crippen molar-refractivity contribution in [3.63, 3.8) is 0 Å². The smallest absolute Gasteiger partial charge is 0.410 e. The van der Waals surface area contributed by atoms with Gasteiger partial charge in [-0.1, -0.05) is 0 Å². The van der Waals surface area contributed by atoms with Gasteiger partial charge in [-0.3, -0.25) is 4.98 Å². The van der Waals surface area contributed by atoms with Gasteiger partial charge >= 0.3 is 6.09 Å². The number of hydrogen-bond donors (Lipinski definition) is 0. The van der Waals surface area contributed by atoms with Crippen LogP contribution in [0.1, 0.15) is 57.8 Å². The van der Waals surface area contributed by atoms with E-state index >= 15 is 0 Å². The summed E-state index contributed by atoms with van der Waals surface area (Å²) in [6.45, 7) is 7.90. The second-order valence-corrected chi connectivity index (χ2v) is 7.96. The van der Waals surface area contributed by atoms with Gasteiger partial charge in [0.2, 0.25) is 0 Å². The highest BCUT2D eigenvalue weighted by Crippen LogP contribution is 2.23. The van der Waals surface area contributed by atoms with Crippen LogP contribution in [-0.4, -0.2) is 40.8 Å². The maximum absolute atomic E-state index is 12.3. The molecule has 1 aromatic rings. The second kappa shape index (κ2) is 8.64. The van der Waals surface area contributed by atoms with Gasteiger partial charge in [-0.2, -0.15) is 0 Å². The Labute approximate surface area is 143 Å². The highest BCUT2D eigenvalue weighted by atomic mass is 32.1. The number of hydrogen-bond acceptors (Lipinski definition) is 5. The summed E-state index contributed by atoms with van der Waals surface area (Å²) in [6, 6.07) is 0.283. The van der Waals surface area contributed by atoms with E-state index < -0.39 is 5.60 Å². The minimum atomic E-state index is -0.434. The Bertz CT molecular complexity index is 471. The predicted octanol–water partition coefficient (Wildman–Crippen LogP) is 4.23. The van der Waals surface area contributed by atoms with Crippen molar-refractivity contribution in [2.24, 2.45) is 0 Å². The van der Waals surface area contributed by atoms with E-state index in [0.29, 0.717) is 6.61 Å². The highest BCUT2D eigenvalue weighted by Gasteiger charge is 2.29.